The van der Waals surface area contributed by atoms with Crippen molar-refractivity contribution in [3.05, 3.63) is 66.7 Å². The Morgan fingerprint density at radius 2 is 1.88 bits per heavy atom. The molecule has 0 aliphatic carbocycles. The molecule has 5 rings (SSSR count). The molecule has 8 nitrogen and oxygen atoms in total. The second-order valence-electron chi connectivity index (χ2n) is 7.17. The number of H-pyrrole nitrogens is 1. The van der Waals surface area contributed by atoms with Crippen molar-refractivity contribution in [2.75, 3.05) is 36.4 Å². The summed E-state index contributed by atoms with van der Waals surface area (Å²) in [6, 6.07) is 13.5. The van der Waals surface area contributed by atoms with E-state index in [1.807, 2.05) is 56.3 Å². The topological polar surface area (TPSA) is 98.8 Å². The third-order valence-electron chi connectivity index (χ3n) is 5.22. The Balaban J connectivity index is 0.00000119. The van der Waals surface area contributed by atoms with E-state index in [4.69, 9.17) is 0 Å². The Kier molecular flexibility index (Phi) is 6.72. The number of carbonyl (C=O) groups is 1. The number of benzene rings is 1. The Labute approximate surface area is 187 Å². The molecule has 1 amide bonds. The van der Waals surface area contributed by atoms with Crippen LogP contribution in [0.25, 0.3) is 22.0 Å². The predicted octanol–water partition coefficient (Wildman–Crippen LogP) is 3.71. The van der Waals surface area contributed by atoms with E-state index in [1.165, 1.54) is 0 Å². The first kappa shape index (κ1) is 21.5. The van der Waals surface area contributed by atoms with Crippen LogP contribution in [0.1, 0.15) is 24.3 Å². The molecule has 164 valence electrons. The van der Waals surface area contributed by atoms with Gasteiger partial charge in [0, 0.05) is 49.5 Å². The van der Waals surface area contributed by atoms with E-state index in [2.05, 4.69) is 35.7 Å². The zero-order valence-electron chi connectivity index (χ0n) is 18.3. The first-order valence-corrected chi connectivity index (χ1v) is 10.9. The molecule has 1 aliphatic rings. The molecule has 0 bridgehead atoms. The SMILES string of the molecule is CC.O=C(Nc1ccc(N2CCNCC2)nc1)c1n[nH]c2ccc(-c3cccnc3)cc12. The molecule has 0 unspecified atom stereocenters. The Bertz CT molecular complexity index is 1170. The fourth-order valence-corrected chi connectivity index (χ4v) is 3.63. The maximum Gasteiger partial charge on any atom is 0.276 e. The van der Waals surface area contributed by atoms with Crippen LogP contribution in [0.3, 0.4) is 0 Å². The summed E-state index contributed by atoms with van der Waals surface area (Å²) in [5.41, 5.74) is 3.76. The molecule has 3 N–H and O–H groups in total. The maximum absolute atomic E-state index is 12.9. The molecule has 0 atom stereocenters. The van der Waals surface area contributed by atoms with Crippen LogP contribution < -0.4 is 15.5 Å². The predicted molar refractivity (Wildman–Crippen MR) is 128 cm³/mol. The standard InChI is InChI=1S/C22H21N7O.C2H6/c30-22(26-17-4-6-20(25-14-17)29-10-8-23-9-11-29)21-18-12-15(3-5-19(18)27-28-21)16-2-1-7-24-13-16;1-2/h1-7,12-14,23H,8-11H2,(H,26,30)(H,27,28);1-2H3. The van der Waals surface area contributed by atoms with Gasteiger partial charge in [0.2, 0.25) is 0 Å². The van der Waals surface area contributed by atoms with Crippen molar-refractivity contribution in [2.24, 2.45) is 0 Å². The number of piperazine rings is 1. The number of hydrogen-bond donors (Lipinski definition) is 3. The van der Waals surface area contributed by atoms with Crippen LogP contribution in [-0.2, 0) is 0 Å². The highest BCUT2D eigenvalue weighted by molar-refractivity contribution is 6.11. The Morgan fingerprint density at radius 3 is 2.59 bits per heavy atom. The van der Waals surface area contributed by atoms with Gasteiger partial charge >= 0.3 is 0 Å². The number of nitrogens with one attached hydrogen (secondary N) is 3. The normalized spacial score (nSPS) is 13.4. The zero-order chi connectivity index (χ0) is 22.3. The van der Waals surface area contributed by atoms with E-state index in [-0.39, 0.29) is 5.91 Å². The molecule has 32 heavy (non-hydrogen) atoms. The van der Waals surface area contributed by atoms with Crippen molar-refractivity contribution in [1.29, 1.82) is 0 Å². The summed E-state index contributed by atoms with van der Waals surface area (Å²) >= 11 is 0. The lowest BCUT2D eigenvalue weighted by Gasteiger charge is -2.28. The number of aromatic amines is 1. The first-order chi connectivity index (χ1) is 15.8. The van der Waals surface area contributed by atoms with Crippen LogP contribution in [-0.4, -0.2) is 52.3 Å². The summed E-state index contributed by atoms with van der Waals surface area (Å²) in [6.07, 6.45) is 5.22. The second kappa shape index (κ2) is 10.0. The van der Waals surface area contributed by atoms with Gasteiger partial charge in [0.1, 0.15) is 5.82 Å². The number of rotatable bonds is 4. The van der Waals surface area contributed by atoms with Crippen LogP contribution in [0.4, 0.5) is 11.5 Å². The number of nitrogens with zero attached hydrogens (tertiary/aromatic N) is 4. The molecule has 0 radical (unpaired) electrons. The van der Waals surface area contributed by atoms with Gasteiger partial charge in [-0.05, 0) is 35.9 Å². The molecular formula is C24H27N7O. The van der Waals surface area contributed by atoms with E-state index in [0.29, 0.717) is 11.4 Å². The van der Waals surface area contributed by atoms with Crippen LogP contribution >= 0.6 is 0 Å². The van der Waals surface area contributed by atoms with Gasteiger partial charge in [0.25, 0.3) is 5.91 Å². The number of anilines is 2. The van der Waals surface area contributed by atoms with Gasteiger partial charge in [-0.2, -0.15) is 5.10 Å². The molecule has 1 saturated heterocycles. The summed E-state index contributed by atoms with van der Waals surface area (Å²) in [5.74, 6) is 0.641. The monoisotopic (exact) mass is 429 g/mol. The van der Waals surface area contributed by atoms with Gasteiger partial charge in [-0.25, -0.2) is 4.98 Å². The number of fused-ring (bicyclic) bond motifs is 1. The Hall–Kier alpha value is -3.78. The summed E-state index contributed by atoms with van der Waals surface area (Å²) in [5, 5.41) is 14.1. The molecule has 0 saturated carbocycles. The van der Waals surface area contributed by atoms with Crippen molar-refractivity contribution in [2.45, 2.75) is 13.8 Å². The summed E-state index contributed by atoms with van der Waals surface area (Å²) in [4.78, 5) is 23.8. The average molecular weight is 430 g/mol. The van der Waals surface area contributed by atoms with Crippen molar-refractivity contribution in [1.82, 2.24) is 25.5 Å². The highest BCUT2D eigenvalue weighted by Crippen LogP contribution is 2.25. The summed E-state index contributed by atoms with van der Waals surface area (Å²) in [6.45, 7) is 7.76. The van der Waals surface area contributed by atoms with E-state index in [0.717, 1.165) is 54.0 Å². The van der Waals surface area contributed by atoms with Crippen LogP contribution in [0, 0.1) is 0 Å². The highest BCUT2D eigenvalue weighted by Gasteiger charge is 2.16. The highest BCUT2D eigenvalue weighted by atomic mass is 16.1. The third kappa shape index (κ3) is 4.60. The van der Waals surface area contributed by atoms with E-state index >= 15 is 0 Å². The molecule has 8 heteroatoms. The van der Waals surface area contributed by atoms with Gasteiger partial charge in [0.05, 0.1) is 17.4 Å². The minimum absolute atomic E-state index is 0.277. The van der Waals surface area contributed by atoms with Crippen molar-refractivity contribution < 1.29 is 4.79 Å². The zero-order valence-corrected chi connectivity index (χ0v) is 18.3. The van der Waals surface area contributed by atoms with Crippen molar-refractivity contribution >= 4 is 28.3 Å². The molecular weight excluding hydrogens is 402 g/mol. The van der Waals surface area contributed by atoms with E-state index in [1.54, 1.807) is 18.6 Å². The van der Waals surface area contributed by atoms with Crippen LogP contribution in [0.2, 0.25) is 0 Å². The minimum Gasteiger partial charge on any atom is -0.354 e. The average Bonchev–Trinajstić information content (AvgIpc) is 3.30. The minimum atomic E-state index is -0.277. The second-order valence-corrected chi connectivity index (χ2v) is 7.17. The number of amides is 1. The van der Waals surface area contributed by atoms with Crippen molar-refractivity contribution in [3.63, 3.8) is 0 Å². The molecule has 4 aromatic rings. The van der Waals surface area contributed by atoms with Crippen LogP contribution in [0.15, 0.2) is 61.1 Å². The lowest BCUT2D eigenvalue weighted by molar-refractivity contribution is 0.102. The van der Waals surface area contributed by atoms with E-state index < -0.39 is 0 Å². The number of pyridine rings is 2. The molecule has 0 spiro atoms. The van der Waals surface area contributed by atoms with Gasteiger partial charge in [-0.1, -0.05) is 26.0 Å². The fourth-order valence-electron chi connectivity index (χ4n) is 3.63. The molecule has 1 aromatic carbocycles. The van der Waals surface area contributed by atoms with Crippen LogP contribution in [0.5, 0.6) is 0 Å². The maximum atomic E-state index is 12.9. The van der Waals surface area contributed by atoms with Gasteiger partial charge < -0.3 is 15.5 Å². The van der Waals surface area contributed by atoms with Gasteiger partial charge in [-0.15, -0.1) is 0 Å². The lowest BCUT2D eigenvalue weighted by Crippen LogP contribution is -2.43. The number of carbonyl (C=O) groups excluding carboxylic acids is 1. The fraction of sp³-hybridized carbons (Fsp3) is 0.250. The van der Waals surface area contributed by atoms with E-state index in [9.17, 15) is 4.79 Å². The van der Waals surface area contributed by atoms with Gasteiger partial charge in [0.15, 0.2) is 5.69 Å². The number of hydrogen-bond acceptors (Lipinski definition) is 6. The molecule has 4 heterocycles. The number of aromatic nitrogens is 4. The smallest absolute Gasteiger partial charge is 0.276 e. The molecule has 1 fully saturated rings. The summed E-state index contributed by atoms with van der Waals surface area (Å²) in [7, 11) is 0. The largest absolute Gasteiger partial charge is 0.354 e. The Morgan fingerprint density at radius 1 is 1.03 bits per heavy atom. The quantitative estimate of drug-likeness (QED) is 0.457. The van der Waals surface area contributed by atoms with Gasteiger partial charge in [-0.3, -0.25) is 14.9 Å². The molecule has 3 aromatic heterocycles. The lowest BCUT2D eigenvalue weighted by atomic mass is 10.0. The third-order valence-corrected chi connectivity index (χ3v) is 5.22. The van der Waals surface area contributed by atoms with Crippen molar-refractivity contribution in [3.8, 4) is 11.1 Å². The first-order valence-electron chi connectivity index (χ1n) is 10.9. The summed E-state index contributed by atoms with van der Waals surface area (Å²) < 4.78 is 0. The molecule has 1 aliphatic heterocycles.